The smallest absolute Gasteiger partial charge is 0.231 e. The van der Waals surface area contributed by atoms with Crippen LogP contribution in [-0.4, -0.2) is 53.4 Å². The third kappa shape index (κ3) is 6.08. The van der Waals surface area contributed by atoms with Gasteiger partial charge in [-0.05, 0) is 24.2 Å². The van der Waals surface area contributed by atoms with E-state index in [4.69, 9.17) is 10.8 Å². The second-order valence-electron chi connectivity index (χ2n) is 4.11. The van der Waals surface area contributed by atoms with Crippen molar-refractivity contribution in [1.82, 2.24) is 9.88 Å². The van der Waals surface area contributed by atoms with Crippen LogP contribution in [0.15, 0.2) is 23.3 Å². The molecule has 0 fully saturated rings. The summed E-state index contributed by atoms with van der Waals surface area (Å²) in [5.41, 5.74) is 6.97. The van der Waals surface area contributed by atoms with Gasteiger partial charge < -0.3 is 10.8 Å². The summed E-state index contributed by atoms with van der Waals surface area (Å²) in [6, 6.07) is 3.75. The molecule has 0 atom stereocenters. The van der Waals surface area contributed by atoms with Gasteiger partial charge in [0.05, 0.1) is 25.4 Å². The van der Waals surface area contributed by atoms with E-state index in [1.807, 2.05) is 24.0 Å². The quantitative estimate of drug-likeness (QED) is 0.636. The van der Waals surface area contributed by atoms with Crippen LogP contribution in [-0.2, 0) is 11.3 Å². The molecule has 3 N–H and O–H groups in total. The van der Waals surface area contributed by atoms with Gasteiger partial charge in [0.2, 0.25) is 5.91 Å². The molecule has 0 saturated heterocycles. The fraction of sp³-hybridized carbons (Fsp3) is 0.462. The van der Waals surface area contributed by atoms with Gasteiger partial charge in [-0.25, -0.2) is 0 Å². The van der Waals surface area contributed by atoms with Crippen molar-refractivity contribution in [3.8, 4) is 0 Å². The number of likely N-dealkylation sites (N-methyl/N-ethyl adjacent to an activating group) is 1. The summed E-state index contributed by atoms with van der Waals surface area (Å²) in [5.74, 6) is -0.345. The molecule has 19 heavy (non-hydrogen) atoms. The number of aliphatic hydroxyl groups is 1. The summed E-state index contributed by atoms with van der Waals surface area (Å²) < 4.78 is 0. The third-order valence-corrected chi connectivity index (χ3v) is 2.52. The summed E-state index contributed by atoms with van der Waals surface area (Å²) in [6.45, 7) is 3.92. The topological polar surface area (TPSA) is 91.8 Å². The van der Waals surface area contributed by atoms with Crippen LogP contribution in [0.5, 0.6) is 0 Å². The molecule has 6 heteroatoms. The Bertz CT molecular complexity index is 434. The Hall–Kier alpha value is -1.79. The molecule has 0 spiro atoms. The molecule has 1 rings (SSSR count). The first-order valence-corrected chi connectivity index (χ1v) is 6.22. The van der Waals surface area contributed by atoms with Gasteiger partial charge in [-0.2, -0.15) is 0 Å². The second-order valence-corrected chi connectivity index (χ2v) is 4.11. The third-order valence-electron chi connectivity index (χ3n) is 2.52. The average Bonchev–Trinajstić information content (AvgIpc) is 2.38. The van der Waals surface area contributed by atoms with Crippen LogP contribution in [0.1, 0.15) is 18.2 Å². The van der Waals surface area contributed by atoms with Gasteiger partial charge in [0.25, 0.3) is 0 Å². The second kappa shape index (κ2) is 8.34. The van der Waals surface area contributed by atoms with E-state index in [0.29, 0.717) is 13.1 Å². The van der Waals surface area contributed by atoms with Crippen molar-refractivity contribution >= 4 is 12.1 Å². The van der Waals surface area contributed by atoms with Gasteiger partial charge in [0.1, 0.15) is 0 Å². The molecule has 0 radical (unpaired) electrons. The molecule has 1 heterocycles. The number of carbonyl (C=O) groups is 1. The van der Waals surface area contributed by atoms with Gasteiger partial charge in [-0.15, -0.1) is 0 Å². The molecule has 6 nitrogen and oxygen atoms in total. The number of nitrogens with zero attached hydrogens (tertiary/aromatic N) is 3. The highest BCUT2D eigenvalue weighted by Crippen LogP contribution is 2.04. The molecule has 1 aromatic rings. The first-order valence-electron chi connectivity index (χ1n) is 6.22. The van der Waals surface area contributed by atoms with Crippen molar-refractivity contribution in [1.29, 1.82) is 0 Å². The highest BCUT2D eigenvalue weighted by Gasteiger charge is 2.07. The predicted octanol–water partition coefficient (Wildman–Crippen LogP) is -0.200. The van der Waals surface area contributed by atoms with E-state index >= 15 is 0 Å². The lowest BCUT2D eigenvalue weighted by molar-refractivity contribution is -0.119. The molecule has 0 aliphatic carbocycles. The summed E-state index contributed by atoms with van der Waals surface area (Å²) in [5, 5.41) is 8.66. The lowest BCUT2D eigenvalue weighted by Gasteiger charge is -2.17. The van der Waals surface area contributed by atoms with Gasteiger partial charge in [0, 0.05) is 19.0 Å². The average molecular weight is 264 g/mol. The van der Waals surface area contributed by atoms with Crippen LogP contribution in [0.4, 0.5) is 0 Å². The predicted molar refractivity (Wildman–Crippen MR) is 73.9 cm³/mol. The summed E-state index contributed by atoms with van der Waals surface area (Å²) in [6.07, 6.45) is 3.40. The number of carbonyl (C=O) groups excluding carboxylic acids is 1. The van der Waals surface area contributed by atoms with E-state index in [2.05, 4.69) is 9.98 Å². The van der Waals surface area contributed by atoms with E-state index in [1.165, 1.54) is 0 Å². The van der Waals surface area contributed by atoms with Gasteiger partial charge >= 0.3 is 0 Å². The number of hydrogen-bond donors (Lipinski definition) is 2. The van der Waals surface area contributed by atoms with Crippen LogP contribution < -0.4 is 5.73 Å². The van der Waals surface area contributed by atoms with E-state index in [1.54, 1.807) is 12.4 Å². The first-order chi connectivity index (χ1) is 9.15. The number of aromatic nitrogens is 1. The van der Waals surface area contributed by atoms with Crippen LogP contribution in [0.2, 0.25) is 0 Å². The molecule has 0 aliphatic rings. The Kier molecular flexibility index (Phi) is 6.70. The highest BCUT2D eigenvalue weighted by molar-refractivity contribution is 5.79. The van der Waals surface area contributed by atoms with E-state index in [-0.39, 0.29) is 19.1 Å². The van der Waals surface area contributed by atoms with Crippen molar-refractivity contribution in [3.63, 3.8) is 0 Å². The number of nitrogens with two attached hydrogens (primary N) is 1. The van der Waals surface area contributed by atoms with Crippen molar-refractivity contribution in [2.45, 2.75) is 13.5 Å². The summed E-state index contributed by atoms with van der Waals surface area (Å²) in [7, 11) is 0. The lowest BCUT2D eigenvalue weighted by Crippen LogP contribution is -2.33. The minimum Gasteiger partial charge on any atom is -0.394 e. The Balaban J connectivity index is 2.67. The van der Waals surface area contributed by atoms with Crippen molar-refractivity contribution < 1.29 is 9.90 Å². The molecular formula is C13H20N4O2. The van der Waals surface area contributed by atoms with Crippen molar-refractivity contribution in [2.24, 2.45) is 10.7 Å². The molecule has 0 aliphatic heterocycles. The van der Waals surface area contributed by atoms with Crippen LogP contribution in [0.25, 0.3) is 0 Å². The van der Waals surface area contributed by atoms with Crippen molar-refractivity contribution in [3.05, 3.63) is 29.6 Å². The van der Waals surface area contributed by atoms with Crippen LogP contribution in [0.3, 0.4) is 0 Å². The van der Waals surface area contributed by atoms with Gasteiger partial charge in [-0.1, -0.05) is 6.92 Å². The monoisotopic (exact) mass is 264 g/mol. The zero-order valence-electron chi connectivity index (χ0n) is 11.1. The molecule has 1 amide bonds. The molecule has 0 aromatic carbocycles. The number of pyridine rings is 1. The van der Waals surface area contributed by atoms with Gasteiger partial charge in [0.15, 0.2) is 0 Å². The van der Waals surface area contributed by atoms with Crippen LogP contribution >= 0.6 is 0 Å². The highest BCUT2D eigenvalue weighted by atomic mass is 16.3. The summed E-state index contributed by atoms with van der Waals surface area (Å²) >= 11 is 0. The van der Waals surface area contributed by atoms with E-state index in [9.17, 15) is 4.79 Å². The summed E-state index contributed by atoms with van der Waals surface area (Å²) in [4.78, 5) is 21.1. The lowest BCUT2D eigenvalue weighted by atomic mass is 10.2. The number of aliphatic imine (C=N–C) groups is 1. The van der Waals surface area contributed by atoms with E-state index in [0.717, 1.165) is 17.8 Å². The van der Waals surface area contributed by atoms with Crippen LogP contribution in [0, 0.1) is 0 Å². The largest absolute Gasteiger partial charge is 0.394 e. The first kappa shape index (κ1) is 15.3. The minimum atomic E-state index is -0.345. The number of hydrogen-bond acceptors (Lipinski definition) is 5. The Labute approximate surface area is 113 Å². The fourth-order valence-corrected chi connectivity index (χ4v) is 1.62. The zero-order valence-corrected chi connectivity index (χ0v) is 11.1. The molecule has 0 unspecified atom stereocenters. The minimum absolute atomic E-state index is 0.0384. The number of primary amides is 1. The molecule has 1 aromatic heterocycles. The van der Waals surface area contributed by atoms with Gasteiger partial charge in [-0.3, -0.25) is 19.7 Å². The maximum Gasteiger partial charge on any atom is 0.231 e. The maximum absolute atomic E-state index is 10.9. The van der Waals surface area contributed by atoms with Crippen molar-refractivity contribution in [2.75, 3.05) is 26.2 Å². The molecular weight excluding hydrogens is 244 g/mol. The molecule has 104 valence electrons. The van der Waals surface area contributed by atoms with E-state index < -0.39 is 0 Å². The number of rotatable bonds is 8. The maximum atomic E-state index is 10.9. The molecule has 0 saturated carbocycles. The number of amides is 1. The SMILES string of the molecule is CCN(CC(N)=O)Cc1cc(C=NCCO)ccn1. The Morgan fingerprint density at radius 2 is 2.42 bits per heavy atom. The Morgan fingerprint density at radius 3 is 3.05 bits per heavy atom. The normalized spacial score (nSPS) is 11.3. The zero-order chi connectivity index (χ0) is 14.1. The fourth-order valence-electron chi connectivity index (χ4n) is 1.62. The molecule has 0 bridgehead atoms. The number of aliphatic hydroxyl groups excluding tert-OH is 1. The standard InChI is InChI=1S/C13H20N4O2/c1-2-17(10-13(14)19)9-12-7-11(3-4-16-12)8-15-5-6-18/h3-4,7-8,18H,2,5-6,9-10H2,1H3,(H2,14,19). The Morgan fingerprint density at radius 1 is 1.63 bits per heavy atom.